The quantitative estimate of drug-likeness (QED) is 0.876. The van der Waals surface area contributed by atoms with Gasteiger partial charge in [0.15, 0.2) is 5.76 Å². The summed E-state index contributed by atoms with van der Waals surface area (Å²) >= 11 is 0. The fraction of sp³-hybridized carbons (Fsp3) is 0.200. The Morgan fingerprint density at radius 2 is 1.90 bits per heavy atom. The predicted octanol–water partition coefficient (Wildman–Crippen LogP) is 2.21. The Bertz CT molecular complexity index is 574. The molecule has 0 unspecified atom stereocenters. The van der Waals surface area contributed by atoms with E-state index in [9.17, 15) is 9.59 Å². The molecule has 20 heavy (non-hydrogen) atoms. The molecule has 0 aliphatic heterocycles. The molecular weight excluding hydrogens is 256 g/mol. The first-order valence-corrected chi connectivity index (χ1v) is 6.39. The number of furan rings is 1. The minimum atomic E-state index is -0.300. The molecule has 104 valence electrons. The van der Waals surface area contributed by atoms with Gasteiger partial charge < -0.3 is 15.1 Å². The van der Waals surface area contributed by atoms with Crippen molar-refractivity contribution in [2.45, 2.75) is 13.3 Å². The van der Waals surface area contributed by atoms with Crippen LogP contribution in [0, 0.1) is 0 Å². The predicted molar refractivity (Wildman–Crippen MR) is 75.5 cm³/mol. The van der Waals surface area contributed by atoms with Crippen LogP contribution in [-0.2, 0) is 11.2 Å². The van der Waals surface area contributed by atoms with E-state index in [1.165, 1.54) is 6.26 Å². The molecule has 2 amide bonds. The molecule has 2 N–H and O–H groups in total. The van der Waals surface area contributed by atoms with Gasteiger partial charge in [0.05, 0.1) is 12.7 Å². The number of amides is 2. The number of carbonyl (C=O) groups excluding carboxylic acids is 2. The zero-order chi connectivity index (χ0) is 14.4. The molecule has 5 nitrogen and oxygen atoms in total. The number of nitrogens with one attached hydrogen (secondary N) is 2. The van der Waals surface area contributed by atoms with Crippen LogP contribution in [0.1, 0.15) is 23.0 Å². The van der Waals surface area contributed by atoms with E-state index in [4.69, 9.17) is 4.42 Å². The standard InChI is InChI=1S/C15H16N2O3/c1-2-16-14(18)10-11-5-7-12(8-6-11)17-15(19)13-4-3-9-20-13/h3-9H,2,10H2,1H3,(H,16,18)(H,17,19). The first-order chi connectivity index (χ1) is 9.69. The molecule has 0 saturated carbocycles. The van der Waals surface area contributed by atoms with Crippen LogP contribution in [0.4, 0.5) is 5.69 Å². The van der Waals surface area contributed by atoms with E-state index in [1.807, 2.05) is 19.1 Å². The van der Waals surface area contributed by atoms with Gasteiger partial charge in [0.1, 0.15) is 0 Å². The van der Waals surface area contributed by atoms with Gasteiger partial charge in [-0.15, -0.1) is 0 Å². The molecule has 2 aromatic rings. The molecule has 2 rings (SSSR count). The van der Waals surface area contributed by atoms with Crippen molar-refractivity contribution in [2.75, 3.05) is 11.9 Å². The van der Waals surface area contributed by atoms with E-state index < -0.39 is 0 Å². The second kappa shape index (κ2) is 6.56. The molecule has 1 heterocycles. The Labute approximate surface area is 117 Å². The van der Waals surface area contributed by atoms with Gasteiger partial charge in [-0.3, -0.25) is 9.59 Å². The van der Waals surface area contributed by atoms with Crippen molar-refractivity contribution in [1.29, 1.82) is 0 Å². The smallest absolute Gasteiger partial charge is 0.291 e. The fourth-order valence-corrected chi connectivity index (χ4v) is 1.75. The first kappa shape index (κ1) is 13.9. The third-order valence-electron chi connectivity index (χ3n) is 2.70. The summed E-state index contributed by atoms with van der Waals surface area (Å²) in [4.78, 5) is 23.2. The van der Waals surface area contributed by atoms with Gasteiger partial charge >= 0.3 is 0 Å². The van der Waals surface area contributed by atoms with Gasteiger partial charge in [-0.1, -0.05) is 12.1 Å². The summed E-state index contributed by atoms with van der Waals surface area (Å²) in [6.45, 7) is 2.50. The van der Waals surface area contributed by atoms with E-state index in [-0.39, 0.29) is 17.6 Å². The summed E-state index contributed by atoms with van der Waals surface area (Å²) < 4.78 is 5.01. The van der Waals surface area contributed by atoms with Crippen molar-refractivity contribution < 1.29 is 14.0 Å². The average Bonchev–Trinajstić information content (AvgIpc) is 2.95. The van der Waals surface area contributed by atoms with Gasteiger partial charge in [-0.25, -0.2) is 0 Å². The van der Waals surface area contributed by atoms with Crippen LogP contribution in [0.5, 0.6) is 0 Å². The van der Waals surface area contributed by atoms with Gasteiger partial charge in [-0.2, -0.15) is 0 Å². The molecule has 0 aliphatic rings. The van der Waals surface area contributed by atoms with Gasteiger partial charge in [0.2, 0.25) is 5.91 Å². The molecule has 1 aromatic carbocycles. The van der Waals surface area contributed by atoms with Crippen molar-refractivity contribution in [1.82, 2.24) is 5.32 Å². The average molecular weight is 272 g/mol. The van der Waals surface area contributed by atoms with Crippen molar-refractivity contribution >= 4 is 17.5 Å². The summed E-state index contributed by atoms with van der Waals surface area (Å²) in [5, 5.41) is 5.46. The van der Waals surface area contributed by atoms with Crippen molar-refractivity contribution in [3.63, 3.8) is 0 Å². The number of anilines is 1. The first-order valence-electron chi connectivity index (χ1n) is 6.39. The third-order valence-corrected chi connectivity index (χ3v) is 2.70. The SMILES string of the molecule is CCNC(=O)Cc1ccc(NC(=O)c2ccco2)cc1. The van der Waals surface area contributed by atoms with Gasteiger partial charge in [0.25, 0.3) is 5.91 Å². The molecule has 0 bridgehead atoms. The van der Waals surface area contributed by atoms with Gasteiger partial charge in [-0.05, 0) is 36.8 Å². The highest BCUT2D eigenvalue weighted by molar-refractivity contribution is 6.02. The molecule has 0 fully saturated rings. The van der Waals surface area contributed by atoms with Crippen LogP contribution >= 0.6 is 0 Å². The maximum atomic E-state index is 11.8. The second-order valence-electron chi connectivity index (χ2n) is 4.26. The number of carbonyl (C=O) groups is 2. The molecule has 0 spiro atoms. The molecule has 1 aromatic heterocycles. The monoisotopic (exact) mass is 272 g/mol. The van der Waals surface area contributed by atoms with E-state index >= 15 is 0 Å². The van der Waals surface area contributed by atoms with Crippen molar-refractivity contribution in [3.8, 4) is 0 Å². The highest BCUT2D eigenvalue weighted by Gasteiger charge is 2.08. The van der Waals surface area contributed by atoms with E-state index in [0.717, 1.165) is 5.56 Å². The lowest BCUT2D eigenvalue weighted by Gasteiger charge is -2.05. The van der Waals surface area contributed by atoms with E-state index in [0.29, 0.717) is 18.7 Å². The number of benzene rings is 1. The minimum absolute atomic E-state index is 0.0140. The Balaban J connectivity index is 1.95. The Kier molecular flexibility index (Phi) is 4.55. The van der Waals surface area contributed by atoms with Crippen LogP contribution in [0.3, 0.4) is 0 Å². The molecule has 0 radical (unpaired) electrons. The summed E-state index contributed by atoms with van der Waals surface area (Å²) in [5.41, 5.74) is 1.55. The summed E-state index contributed by atoms with van der Waals surface area (Å²) in [5.74, 6) is -0.0530. The lowest BCUT2D eigenvalue weighted by atomic mass is 10.1. The normalized spacial score (nSPS) is 10.1. The van der Waals surface area contributed by atoms with Crippen molar-refractivity contribution in [2.24, 2.45) is 0 Å². The van der Waals surface area contributed by atoms with Crippen LogP contribution in [0.15, 0.2) is 47.1 Å². The summed E-state index contributed by atoms with van der Waals surface area (Å²) in [6, 6.07) is 10.4. The molecular formula is C15H16N2O3. The van der Waals surface area contributed by atoms with E-state index in [1.54, 1.807) is 24.3 Å². The van der Waals surface area contributed by atoms with Crippen LogP contribution in [0.25, 0.3) is 0 Å². The Morgan fingerprint density at radius 3 is 2.50 bits per heavy atom. The highest BCUT2D eigenvalue weighted by Crippen LogP contribution is 2.12. The maximum absolute atomic E-state index is 11.8. The topological polar surface area (TPSA) is 71.3 Å². The van der Waals surface area contributed by atoms with Gasteiger partial charge in [0, 0.05) is 12.2 Å². The zero-order valence-corrected chi connectivity index (χ0v) is 11.2. The molecule has 0 saturated heterocycles. The minimum Gasteiger partial charge on any atom is -0.459 e. The largest absolute Gasteiger partial charge is 0.459 e. The number of likely N-dealkylation sites (N-methyl/N-ethyl adjacent to an activating group) is 1. The van der Waals surface area contributed by atoms with E-state index in [2.05, 4.69) is 10.6 Å². The third kappa shape index (κ3) is 3.71. The number of hydrogen-bond donors (Lipinski definition) is 2. The molecule has 0 atom stereocenters. The van der Waals surface area contributed by atoms with Crippen LogP contribution < -0.4 is 10.6 Å². The fourth-order valence-electron chi connectivity index (χ4n) is 1.75. The number of rotatable bonds is 5. The molecule has 0 aliphatic carbocycles. The Hall–Kier alpha value is -2.56. The van der Waals surface area contributed by atoms with Crippen LogP contribution in [0.2, 0.25) is 0 Å². The highest BCUT2D eigenvalue weighted by atomic mass is 16.3. The summed E-state index contributed by atoms with van der Waals surface area (Å²) in [7, 11) is 0. The lowest BCUT2D eigenvalue weighted by Crippen LogP contribution is -2.24. The number of hydrogen-bond acceptors (Lipinski definition) is 3. The molecule has 5 heteroatoms. The Morgan fingerprint density at radius 1 is 1.15 bits per heavy atom. The van der Waals surface area contributed by atoms with Crippen molar-refractivity contribution in [3.05, 3.63) is 54.0 Å². The summed E-state index contributed by atoms with van der Waals surface area (Å²) in [6.07, 6.45) is 1.78. The maximum Gasteiger partial charge on any atom is 0.291 e. The van der Waals surface area contributed by atoms with Crippen LogP contribution in [-0.4, -0.2) is 18.4 Å². The zero-order valence-electron chi connectivity index (χ0n) is 11.2. The second-order valence-corrected chi connectivity index (χ2v) is 4.26. The lowest BCUT2D eigenvalue weighted by molar-refractivity contribution is -0.120.